The molecule has 0 radical (unpaired) electrons. The molecule has 112 valence electrons. The second-order valence-electron chi connectivity index (χ2n) is 5.69. The number of benzene rings is 1. The summed E-state index contributed by atoms with van der Waals surface area (Å²) in [5, 5.41) is 22.3. The lowest BCUT2D eigenvalue weighted by Crippen LogP contribution is -2.55. The molecule has 1 aromatic rings. The summed E-state index contributed by atoms with van der Waals surface area (Å²) in [5.41, 5.74) is 0.119. The van der Waals surface area contributed by atoms with Gasteiger partial charge in [-0.25, -0.2) is 0 Å². The number of piperidine rings is 2. The molecule has 6 heteroatoms. The maximum absolute atomic E-state index is 12.5. The van der Waals surface area contributed by atoms with Crippen molar-refractivity contribution in [1.29, 1.82) is 0 Å². The molecule has 0 bridgehead atoms. The predicted octanol–water partition coefficient (Wildman–Crippen LogP) is 0.839. The van der Waals surface area contributed by atoms with E-state index in [0.717, 1.165) is 12.8 Å². The average Bonchev–Trinajstić information content (AvgIpc) is 2.49. The fraction of sp³-hybridized carbons (Fsp3) is 0.467. The van der Waals surface area contributed by atoms with Gasteiger partial charge in [0.25, 0.3) is 5.91 Å². The Morgan fingerprint density at radius 1 is 1.29 bits per heavy atom. The minimum atomic E-state index is -0.374. The number of hydrogen-bond acceptors (Lipinski definition) is 4. The fourth-order valence-corrected chi connectivity index (χ4v) is 3.17. The smallest absolute Gasteiger partial charge is 0.257 e. The van der Waals surface area contributed by atoms with Crippen LogP contribution in [0.25, 0.3) is 0 Å². The zero-order valence-electron chi connectivity index (χ0n) is 11.6. The van der Waals surface area contributed by atoms with Crippen LogP contribution in [0.3, 0.4) is 0 Å². The number of aromatic hydroxyl groups is 2. The molecule has 1 aromatic carbocycles. The number of nitrogens with one attached hydrogen (secondary N) is 1. The van der Waals surface area contributed by atoms with E-state index in [1.165, 1.54) is 18.2 Å². The molecular weight excluding hydrogens is 272 g/mol. The van der Waals surface area contributed by atoms with Crippen LogP contribution in [0, 0.1) is 5.92 Å². The van der Waals surface area contributed by atoms with Crippen molar-refractivity contribution in [2.45, 2.75) is 25.3 Å². The summed E-state index contributed by atoms with van der Waals surface area (Å²) < 4.78 is 0. The fourth-order valence-electron chi connectivity index (χ4n) is 3.17. The number of phenolic OH excluding ortho intramolecular Hbond substituents is 2. The molecule has 2 unspecified atom stereocenters. The van der Waals surface area contributed by atoms with Crippen LogP contribution >= 0.6 is 0 Å². The molecule has 3 rings (SSSR count). The van der Waals surface area contributed by atoms with Gasteiger partial charge in [-0.2, -0.15) is 0 Å². The molecule has 0 saturated carbocycles. The Labute approximate surface area is 122 Å². The van der Waals surface area contributed by atoms with Gasteiger partial charge in [-0.3, -0.25) is 9.59 Å². The van der Waals surface area contributed by atoms with Crippen molar-refractivity contribution in [2.75, 3.05) is 13.1 Å². The quantitative estimate of drug-likeness (QED) is 0.669. The molecule has 3 N–H and O–H groups in total. The molecular formula is C15H18N2O4. The van der Waals surface area contributed by atoms with Crippen LogP contribution in [0.4, 0.5) is 0 Å². The first-order valence-corrected chi connectivity index (χ1v) is 7.16. The molecule has 0 aliphatic carbocycles. The number of rotatable bonds is 1. The van der Waals surface area contributed by atoms with Crippen molar-refractivity contribution in [3.63, 3.8) is 0 Å². The molecule has 2 atom stereocenters. The van der Waals surface area contributed by atoms with E-state index in [1.807, 2.05) is 0 Å². The number of phenols is 2. The van der Waals surface area contributed by atoms with Crippen molar-refractivity contribution in [1.82, 2.24) is 10.2 Å². The van der Waals surface area contributed by atoms with Gasteiger partial charge in [-0.05, 0) is 30.9 Å². The van der Waals surface area contributed by atoms with Crippen LogP contribution in [-0.4, -0.2) is 46.1 Å². The minimum Gasteiger partial charge on any atom is -0.504 e. The lowest BCUT2D eigenvalue weighted by molar-refractivity contribution is -0.125. The highest BCUT2D eigenvalue weighted by Gasteiger charge is 2.36. The number of carbonyl (C=O) groups is 2. The largest absolute Gasteiger partial charge is 0.504 e. The molecule has 2 saturated heterocycles. The van der Waals surface area contributed by atoms with Crippen LogP contribution in [0.1, 0.15) is 29.6 Å². The van der Waals surface area contributed by atoms with Crippen LogP contribution in [0.2, 0.25) is 0 Å². The Hall–Kier alpha value is -2.24. The monoisotopic (exact) mass is 290 g/mol. The minimum absolute atomic E-state index is 0.0849. The summed E-state index contributed by atoms with van der Waals surface area (Å²) in [7, 11) is 0. The third kappa shape index (κ3) is 2.53. The van der Waals surface area contributed by atoms with E-state index < -0.39 is 0 Å². The lowest BCUT2D eigenvalue weighted by atomic mass is 9.85. The van der Waals surface area contributed by atoms with E-state index in [4.69, 9.17) is 0 Å². The van der Waals surface area contributed by atoms with E-state index in [2.05, 4.69) is 5.32 Å². The van der Waals surface area contributed by atoms with Crippen LogP contribution in [0.5, 0.6) is 11.5 Å². The first-order chi connectivity index (χ1) is 10.1. The number of likely N-dealkylation sites (tertiary alicyclic amines) is 1. The third-order valence-corrected chi connectivity index (χ3v) is 4.35. The highest BCUT2D eigenvalue weighted by atomic mass is 16.3. The molecule has 6 nitrogen and oxygen atoms in total. The zero-order chi connectivity index (χ0) is 15.0. The van der Waals surface area contributed by atoms with Gasteiger partial charge < -0.3 is 20.4 Å². The highest BCUT2D eigenvalue weighted by Crippen LogP contribution is 2.31. The number of carbonyl (C=O) groups excluding carboxylic acids is 2. The molecule has 0 aromatic heterocycles. The molecule has 2 aliphatic rings. The highest BCUT2D eigenvalue weighted by molar-refractivity contribution is 5.97. The van der Waals surface area contributed by atoms with Gasteiger partial charge in [0, 0.05) is 25.6 Å². The van der Waals surface area contributed by atoms with Gasteiger partial charge in [0.05, 0.1) is 5.56 Å². The van der Waals surface area contributed by atoms with Gasteiger partial charge in [0.1, 0.15) is 0 Å². The van der Waals surface area contributed by atoms with Crippen molar-refractivity contribution in [3.05, 3.63) is 23.8 Å². The molecule has 2 fully saturated rings. The van der Waals surface area contributed by atoms with Gasteiger partial charge in [-0.1, -0.05) is 6.07 Å². The predicted molar refractivity (Wildman–Crippen MR) is 74.9 cm³/mol. The summed E-state index contributed by atoms with van der Waals surface area (Å²) >= 11 is 0. The molecule has 2 aliphatic heterocycles. The number of fused-ring (bicyclic) bond motifs is 1. The Morgan fingerprint density at radius 3 is 2.90 bits per heavy atom. The lowest BCUT2D eigenvalue weighted by Gasteiger charge is -2.41. The van der Waals surface area contributed by atoms with Crippen molar-refractivity contribution >= 4 is 11.8 Å². The number of amides is 2. The number of hydrogen-bond donors (Lipinski definition) is 3. The Morgan fingerprint density at radius 2 is 2.10 bits per heavy atom. The van der Waals surface area contributed by atoms with E-state index >= 15 is 0 Å². The second kappa shape index (κ2) is 5.27. The average molecular weight is 290 g/mol. The third-order valence-electron chi connectivity index (χ3n) is 4.35. The van der Waals surface area contributed by atoms with E-state index in [9.17, 15) is 19.8 Å². The van der Waals surface area contributed by atoms with Crippen LogP contribution < -0.4 is 5.32 Å². The molecule has 2 amide bonds. The maximum atomic E-state index is 12.5. The molecule has 21 heavy (non-hydrogen) atoms. The summed E-state index contributed by atoms with van der Waals surface area (Å²) in [6.45, 7) is 1.11. The van der Waals surface area contributed by atoms with Crippen LogP contribution in [0.15, 0.2) is 18.2 Å². The van der Waals surface area contributed by atoms with Gasteiger partial charge in [-0.15, -0.1) is 0 Å². The van der Waals surface area contributed by atoms with Crippen LogP contribution in [-0.2, 0) is 4.79 Å². The normalized spacial score (nSPS) is 25.1. The topological polar surface area (TPSA) is 89.9 Å². The standard InChI is InChI=1S/C15H18N2O4/c18-12-3-1-2-10(14(12)20)15(21)17-7-6-11-9(8-17)4-5-13(19)16-11/h1-3,9,11,18,20H,4-8H2,(H,16,19). The summed E-state index contributed by atoms with van der Waals surface area (Å²) in [6.07, 6.45) is 2.01. The zero-order valence-corrected chi connectivity index (χ0v) is 11.6. The van der Waals surface area contributed by atoms with E-state index in [1.54, 1.807) is 4.90 Å². The summed E-state index contributed by atoms with van der Waals surface area (Å²) in [6, 6.07) is 4.53. The number of para-hydroxylation sites is 1. The summed E-state index contributed by atoms with van der Waals surface area (Å²) in [4.78, 5) is 25.6. The molecule has 2 heterocycles. The van der Waals surface area contributed by atoms with Crippen molar-refractivity contribution < 1.29 is 19.8 Å². The van der Waals surface area contributed by atoms with Crippen molar-refractivity contribution in [3.8, 4) is 11.5 Å². The Bertz CT molecular complexity index is 587. The number of nitrogens with zero attached hydrogens (tertiary/aromatic N) is 1. The SMILES string of the molecule is O=C1CCC2CN(C(=O)c3cccc(O)c3O)CCC2N1. The first kappa shape index (κ1) is 13.7. The Balaban J connectivity index is 1.75. The van der Waals surface area contributed by atoms with Gasteiger partial charge in [0.15, 0.2) is 11.5 Å². The van der Waals surface area contributed by atoms with E-state index in [-0.39, 0.29) is 40.8 Å². The van der Waals surface area contributed by atoms with Crippen molar-refractivity contribution in [2.24, 2.45) is 5.92 Å². The second-order valence-corrected chi connectivity index (χ2v) is 5.69. The first-order valence-electron chi connectivity index (χ1n) is 7.16. The Kier molecular flexibility index (Phi) is 3.45. The van der Waals surface area contributed by atoms with Gasteiger partial charge in [0.2, 0.25) is 5.91 Å². The molecule has 0 spiro atoms. The van der Waals surface area contributed by atoms with Gasteiger partial charge >= 0.3 is 0 Å². The maximum Gasteiger partial charge on any atom is 0.257 e. The van der Waals surface area contributed by atoms with E-state index in [0.29, 0.717) is 19.5 Å². The summed E-state index contributed by atoms with van der Waals surface area (Å²) in [5.74, 6) is -0.595.